The van der Waals surface area contributed by atoms with Crippen molar-refractivity contribution in [2.24, 2.45) is 0 Å². The lowest BCUT2D eigenvalue weighted by atomic mass is 10.1. The van der Waals surface area contributed by atoms with E-state index in [0.717, 1.165) is 72.8 Å². The number of rotatable bonds is 7. The second kappa shape index (κ2) is 13.0. The third kappa shape index (κ3) is 6.84. The summed E-state index contributed by atoms with van der Waals surface area (Å²) in [6, 6.07) is 27.9. The van der Waals surface area contributed by atoms with E-state index in [2.05, 4.69) is 33.9 Å². The van der Waals surface area contributed by atoms with E-state index < -0.39 is 0 Å². The van der Waals surface area contributed by atoms with Crippen LogP contribution in [0.3, 0.4) is 0 Å². The molecule has 4 aromatic rings. The average Bonchev–Trinajstić information content (AvgIpc) is 3.06. The molecule has 0 radical (unpaired) electrons. The lowest BCUT2D eigenvalue weighted by Gasteiger charge is -2.35. The number of aromatic nitrogens is 1. The molecule has 7 heteroatoms. The molecule has 3 aromatic carbocycles. The van der Waals surface area contributed by atoms with E-state index in [0.29, 0.717) is 18.7 Å². The van der Waals surface area contributed by atoms with Gasteiger partial charge < -0.3 is 19.6 Å². The lowest BCUT2D eigenvalue weighted by Crippen LogP contribution is -2.48. The molecule has 7 nitrogen and oxygen atoms in total. The predicted molar refractivity (Wildman–Crippen MR) is 176 cm³/mol. The molecule has 1 aromatic heterocycles. The highest BCUT2D eigenvalue weighted by molar-refractivity contribution is 6.07. The van der Waals surface area contributed by atoms with Crippen molar-refractivity contribution in [1.29, 1.82) is 0 Å². The highest BCUT2D eigenvalue weighted by atomic mass is 16.2. The molecule has 0 spiro atoms. The number of allylic oxidation sites excluding steroid dienone is 1. The molecule has 0 aliphatic carbocycles. The van der Waals surface area contributed by atoms with Gasteiger partial charge in [0.05, 0.1) is 5.52 Å². The first kappa shape index (κ1) is 28.4. The van der Waals surface area contributed by atoms with E-state index in [1.54, 1.807) is 12.2 Å². The number of amides is 1. The van der Waals surface area contributed by atoms with E-state index in [-0.39, 0.29) is 11.7 Å². The van der Waals surface area contributed by atoms with Crippen LogP contribution in [-0.4, -0.2) is 85.9 Å². The van der Waals surface area contributed by atoms with Crippen LogP contribution >= 0.6 is 0 Å². The monoisotopic (exact) mass is 571 g/mol. The molecule has 6 rings (SSSR count). The van der Waals surface area contributed by atoms with Crippen LogP contribution in [0.1, 0.15) is 21.5 Å². The normalized spacial score (nSPS) is 16.4. The number of benzene rings is 3. The highest BCUT2D eigenvalue weighted by Gasteiger charge is 2.21. The first-order valence-corrected chi connectivity index (χ1v) is 15.0. The molecule has 2 aliphatic heterocycles. The fraction of sp³-hybridized carbons (Fsp3) is 0.250. The molecular formula is C36H37N5O2. The van der Waals surface area contributed by atoms with E-state index in [4.69, 9.17) is 4.98 Å². The van der Waals surface area contributed by atoms with Crippen LogP contribution < -0.4 is 9.80 Å². The summed E-state index contributed by atoms with van der Waals surface area (Å²) in [5, 5.41) is 1.06. The second-order valence-electron chi connectivity index (χ2n) is 11.2. The summed E-state index contributed by atoms with van der Waals surface area (Å²) in [5.74, 6) is 0.928. The smallest absolute Gasteiger partial charge is 0.246 e. The summed E-state index contributed by atoms with van der Waals surface area (Å²) >= 11 is 0. The third-order valence-corrected chi connectivity index (χ3v) is 8.28. The van der Waals surface area contributed by atoms with Crippen LogP contribution in [0.25, 0.3) is 23.1 Å². The van der Waals surface area contributed by atoms with Crippen molar-refractivity contribution in [2.45, 2.75) is 0 Å². The number of carbonyl (C=O) groups is 2. The minimum absolute atomic E-state index is 0.0358. The molecule has 0 unspecified atom stereocenters. The molecule has 0 N–H and O–H groups in total. The number of piperazine rings is 2. The van der Waals surface area contributed by atoms with E-state index in [1.807, 2.05) is 89.8 Å². The van der Waals surface area contributed by atoms with Gasteiger partial charge in [-0.05, 0) is 67.2 Å². The number of anilines is 2. The number of fused-ring (bicyclic) bond motifs is 1. The van der Waals surface area contributed by atoms with Crippen molar-refractivity contribution in [3.8, 4) is 0 Å². The van der Waals surface area contributed by atoms with Gasteiger partial charge in [0.1, 0.15) is 5.82 Å². The van der Waals surface area contributed by atoms with E-state index in [9.17, 15) is 9.59 Å². The Labute approximate surface area is 253 Å². The average molecular weight is 572 g/mol. The zero-order valence-corrected chi connectivity index (χ0v) is 24.6. The number of nitrogens with zero attached hydrogens (tertiary/aromatic N) is 5. The lowest BCUT2D eigenvalue weighted by molar-refractivity contribution is -0.126. The molecule has 0 atom stereocenters. The number of para-hydroxylation sites is 1. The predicted octanol–water partition coefficient (Wildman–Crippen LogP) is 5.24. The molecule has 218 valence electrons. The van der Waals surface area contributed by atoms with Crippen molar-refractivity contribution in [3.05, 3.63) is 114 Å². The Balaban J connectivity index is 1.09. The minimum Gasteiger partial charge on any atom is -0.368 e. The van der Waals surface area contributed by atoms with Crippen molar-refractivity contribution >= 4 is 46.3 Å². The van der Waals surface area contributed by atoms with Gasteiger partial charge in [-0.15, -0.1) is 0 Å². The van der Waals surface area contributed by atoms with Crippen LogP contribution in [0.4, 0.5) is 11.5 Å². The standard InChI is InChI=1S/C36H37N5O2/c1-38-19-21-41(22-20-38)36-31(27-30-9-5-6-10-33(30)37-36)14-17-34(42)29-12-15-32(16-13-29)39-23-25-40(26-24-39)35(43)18-11-28-7-3-2-4-8-28/h2-18,27H,19-26H2,1H3/b17-14+,18-11+. The zero-order chi connectivity index (χ0) is 29.6. The van der Waals surface area contributed by atoms with Crippen LogP contribution in [0.2, 0.25) is 0 Å². The summed E-state index contributed by atoms with van der Waals surface area (Å²) < 4.78 is 0. The van der Waals surface area contributed by atoms with Gasteiger partial charge in [-0.2, -0.15) is 0 Å². The van der Waals surface area contributed by atoms with Gasteiger partial charge in [0.15, 0.2) is 5.78 Å². The summed E-state index contributed by atoms with van der Waals surface area (Å²) in [5.41, 5.74) is 4.64. The van der Waals surface area contributed by atoms with Crippen molar-refractivity contribution in [3.63, 3.8) is 0 Å². The number of hydrogen-bond acceptors (Lipinski definition) is 6. The van der Waals surface area contributed by atoms with Gasteiger partial charge in [-0.25, -0.2) is 4.98 Å². The van der Waals surface area contributed by atoms with Gasteiger partial charge in [0.25, 0.3) is 0 Å². The fourth-order valence-electron chi connectivity index (χ4n) is 5.64. The summed E-state index contributed by atoms with van der Waals surface area (Å²) in [4.78, 5) is 39.6. The Morgan fingerprint density at radius 1 is 0.698 bits per heavy atom. The molecule has 2 aliphatic rings. The van der Waals surface area contributed by atoms with Gasteiger partial charge >= 0.3 is 0 Å². The Hall–Kier alpha value is -4.75. The molecule has 0 bridgehead atoms. The third-order valence-electron chi connectivity index (χ3n) is 8.28. The number of pyridine rings is 1. The second-order valence-corrected chi connectivity index (χ2v) is 11.2. The fourth-order valence-corrected chi connectivity index (χ4v) is 5.64. The van der Waals surface area contributed by atoms with Crippen LogP contribution in [0.5, 0.6) is 0 Å². The maximum atomic E-state index is 13.2. The van der Waals surface area contributed by atoms with Gasteiger partial charge in [-0.1, -0.05) is 48.5 Å². The summed E-state index contributed by atoms with van der Waals surface area (Å²) in [6.45, 7) is 6.62. The van der Waals surface area contributed by atoms with Crippen molar-refractivity contribution in [2.75, 3.05) is 69.2 Å². The maximum absolute atomic E-state index is 13.2. The summed E-state index contributed by atoms with van der Waals surface area (Å²) in [7, 11) is 2.14. The Morgan fingerprint density at radius 2 is 1.37 bits per heavy atom. The van der Waals surface area contributed by atoms with Gasteiger partial charge in [0, 0.05) is 80.6 Å². The molecule has 43 heavy (non-hydrogen) atoms. The zero-order valence-electron chi connectivity index (χ0n) is 24.6. The first-order valence-electron chi connectivity index (χ1n) is 15.0. The topological polar surface area (TPSA) is 60.0 Å². The largest absolute Gasteiger partial charge is 0.368 e. The van der Waals surface area contributed by atoms with Crippen LogP contribution in [0, 0.1) is 0 Å². The molecule has 2 saturated heterocycles. The number of likely N-dealkylation sites (N-methyl/N-ethyl adjacent to an activating group) is 1. The quantitative estimate of drug-likeness (QED) is 0.223. The number of ketones is 1. The Bertz CT molecular complexity index is 1630. The first-order chi connectivity index (χ1) is 21.0. The van der Waals surface area contributed by atoms with Gasteiger partial charge in [-0.3, -0.25) is 9.59 Å². The van der Waals surface area contributed by atoms with E-state index >= 15 is 0 Å². The van der Waals surface area contributed by atoms with Crippen LogP contribution in [0.15, 0.2) is 97.1 Å². The number of hydrogen-bond donors (Lipinski definition) is 0. The number of carbonyl (C=O) groups excluding carboxylic acids is 2. The molecule has 0 saturated carbocycles. The highest BCUT2D eigenvalue weighted by Crippen LogP contribution is 2.26. The van der Waals surface area contributed by atoms with Crippen molar-refractivity contribution < 1.29 is 9.59 Å². The molecule has 3 heterocycles. The van der Waals surface area contributed by atoms with Gasteiger partial charge in [0.2, 0.25) is 5.91 Å². The molecule has 1 amide bonds. The SMILES string of the molecule is CN1CCN(c2nc3ccccc3cc2/C=C/C(=O)c2ccc(N3CCN(C(=O)/C=C/c4ccccc4)CC3)cc2)CC1. The molecular weight excluding hydrogens is 534 g/mol. The Morgan fingerprint density at radius 3 is 2.12 bits per heavy atom. The van der Waals surface area contributed by atoms with E-state index in [1.165, 1.54) is 0 Å². The molecule has 2 fully saturated rings. The minimum atomic E-state index is -0.0374. The van der Waals surface area contributed by atoms with Crippen molar-refractivity contribution in [1.82, 2.24) is 14.8 Å². The van der Waals surface area contributed by atoms with Crippen LogP contribution in [-0.2, 0) is 4.79 Å². The summed E-state index contributed by atoms with van der Waals surface area (Å²) in [6.07, 6.45) is 7.09. The Kier molecular flexibility index (Phi) is 8.61. The maximum Gasteiger partial charge on any atom is 0.246 e.